The molecule has 3 aromatic carbocycles. The van der Waals surface area contributed by atoms with Gasteiger partial charge in [0.05, 0.1) is 30.5 Å². The number of hydrogen-bond donors (Lipinski definition) is 1. The second-order valence-corrected chi connectivity index (χ2v) is 6.17. The third-order valence-corrected chi connectivity index (χ3v) is 4.14. The Morgan fingerprint density at radius 2 is 1.81 bits per heavy atom. The van der Waals surface area contributed by atoms with Gasteiger partial charge < -0.3 is 9.47 Å². The Morgan fingerprint density at radius 1 is 1.06 bits per heavy atom. The number of halogens is 1. The van der Waals surface area contributed by atoms with Gasteiger partial charge >= 0.3 is 5.97 Å². The number of nitrogens with zero attached hydrogens (tertiary/aromatic N) is 2. The number of hydrazone groups is 1. The van der Waals surface area contributed by atoms with Crippen molar-refractivity contribution in [2.24, 2.45) is 5.10 Å². The van der Waals surface area contributed by atoms with Crippen LogP contribution in [-0.2, 0) is 0 Å². The molecular weight excluding hydrogens is 401 g/mol. The van der Waals surface area contributed by atoms with E-state index in [1.54, 1.807) is 12.1 Å². The van der Waals surface area contributed by atoms with Gasteiger partial charge in [-0.05, 0) is 60.2 Å². The van der Waals surface area contributed by atoms with Crippen LogP contribution in [0, 0.1) is 17.1 Å². The molecule has 1 N–H and O–H groups in total. The first kappa shape index (κ1) is 21.2. The number of rotatable bonds is 6. The number of carbonyl (C=O) groups excluding carboxylic acids is 2. The third-order valence-electron chi connectivity index (χ3n) is 4.14. The summed E-state index contributed by atoms with van der Waals surface area (Å²) in [5.41, 5.74) is 3.54. The third kappa shape index (κ3) is 5.31. The predicted molar refractivity (Wildman–Crippen MR) is 111 cm³/mol. The smallest absolute Gasteiger partial charge is 0.346 e. The molecule has 0 radical (unpaired) electrons. The zero-order valence-electron chi connectivity index (χ0n) is 16.3. The van der Waals surface area contributed by atoms with Gasteiger partial charge in [-0.15, -0.1) is 0 Å². The van der Waals surface area contributed by atoms with E-state index in [0.29, 0.717) is 16.7 Å². The van der Waals surface area contributed by atoms with Gasteiger partial charge in [0.2, 0.25) is 0 Å². The highest BCUT2D eigenvalue weighted by molar-refractivity contribution is 5.95. The number of nitriles is 1. The van der Waals surface area contributed by atoms with E-state index in [2.05, 4.69) is 10.5 Å². The number of hydrogen-bond acceptors (Lipinski definition) is 6. The highest BCUT2D eigenvalue weighted by Crippen LogP contribution is 2.28. The van der Waals surface area contributed by atoms with Crippen molar-refractivity contribution in [3.8, 4) is 17.6 Å². The van der Waals surface area contributed by atoms with Crippen molar-refractivity contribution in [2.45, 2.75) is 0 Å². The lowest BCUT2D eigenvalue weighted by molar-refractivity contribution is 0.0724. The summed E-state index contributed by atoms with van der Waals surface area (Å²) in [7, 11) is 1.39. The molecule has 0 saturated heterocycles. The lowest BCUT2D eigenvalue weighted by Gasteiger charge is -2.10. The molecule has 3 aromatic rings. The molecule has 3 rings (SSSR count). The molecule has 0 aliphatic heterocycles. The number of nitrogens with one attached hydrogen (secondary N) is 1. The Bertz CT molecular complexity index is 1180. The van der Waals surface area contributed by atoms with Crippen molar-refractivity contribution in [2.75, 3.05) is 7.11 Å². The first-order valence-corrected chi connectivity index (χ1v) is 9.00. The molecule has 0 atom stereocenters. The minimum absolute atomic E-state index is 0.106. The average Bonchev–Trinajstić information content (AvgIpc) is 2.80. The fraction of sp³-hybridized carbons (Fsp3) is 0.0435. The Labute approximate surface area is 177 Å². The van der Waals surface area contributed by atoms with E-state index in [0.717, 1.165) is 0 Å². The Kier molecular flexibility index (Phi) is 6.71. The van der Waals surface area contributed by atoms with Gasteiger partial charge in [0.25, 0.3) is 5.91 Å². The van der Waals surface area contributed by atoms with Gasteiger partial charge in [-0.3, -0.25) is 4.79 Å². The molecule has 0 heterocycles. The average molecular weight is 417 g/mol. The molecule has 0 aliphatic carbocycles. The summed E-state index contributed by atoms with van der Waals surface area (Å²) in [6.45, 7) is 0. The molecule has 7 nitrogen and oxygen atoms in total. The van der Waals surface area contributed by atoms with E-state index in [9.17, 15) is 14.0 Å². The standard InChI is InChI=1S/C23H16FN3O4/c1-30-21-12-16(14-26-27-22(28)17-9-6-15(13-25)7-10-17)8-11-20(21)31-23(29)18-4-2-3-5-19(18)24/h2-12,14H,1H3,(H,27,28)/b26-14-. The maximum atomic E-state index is 13.8. The van der Waals surface area contributed by atoms with Crippen LogP contribution < -0.4 is 14.9 Å². The predicted octanol–water partition coefficient (Wildman–Crippen LogP) is 3.69. The molecule has 0 bridgehead atoms. The molecule has 31 heavy (non-hydrogen) atoms. The van der Waals surface area contributed by atoms with Crippen LogP contribution in [-0.4, -0.2) is 25.2 Å². The number of methoxy groups -OCH3 is 1. The molecule has 1 amide bonds. The number of ether oxygens (including phenoxy) is 2. The first-order chi connectivity index (χ1) is 15.0. The number of carbonyl (C=O) groups is 2. The normalized spacial score (nSPS) is 10.4. The maximum absolute atomic E-state index is 13.8. The minimum Gasteiger partial charge on any atom is -0.493 e. The Hall–Kier alpha value is -4.51. The van der Waals surface area contributed by atoms with E-state index in [1.807, 2.05) is 6.07 Å². The van der Waals surface area contributed by atoms with Crippen LogP contribution in [0.2, 0.25) is 0 Å². The SMILES string of the molecule is COc1cc(/C=N\NC(=O)c2ccc(C#N)cc2)ccc1OC(=O)c1ccccc1F. The monoisotopic (exact) mass is 417 g/mol. The lowest BCUT2D eigenvalue weighted by atomic mass is 10.1. The molecule has 154 valence electrons. The Balaban J connectivity index is 1.67. The zero-order chi connectivity index (χ0) is 22.2. The molecule has 0 spiro atoms. The molecule has 0 saturated carbocycles. The topological polar surface area (TPSA) is 101 Å². The van der Waals surface area contributed by atoms with E-state index in [-0.39, 0.29) is 17.1 Å². The maximum Gasteiger partial charge on any atom is 0.346 e. The summed E-state index contributed by atoms with van der Waals surface area (Å²) in [6, 6.07) is 18.2. The molecule has 0 aliphatic rings. The van der Waals surface area contributed by atoms with Gasteiger partial charge in [-0.1, -0.05) is 12.1 Å². The molecule has 0 unspecified atom stereocenters. The second-order valence-electron chi connectivity index (χ2n) is 6.17. The van der Waals surface area contributed by atoms with Crippen LogP contribution in [0.15, 0.2) is 71.8 Å². The quantitative estimate of drug-likeness (QED) is 0.285. The minimum atomic E-state index is -0.854. The number of amides is 1. The van der Waals surface area contributed by atoms with E-state index in [4.69, 9.17) is 14.7 Å². The fourth-order valence-corrected chi connectivity index (χ4v) is 2.56. The number of esters is 1. The largest absolute Gasteiger partial charge is 0.493 e. The molecular formula is C23H16FN3O4. The second kappa shape index (κ2) is 9.80. The molecule has 8 heteroatoms. The van der Waals surface area contributed by atoms with E-state index in [1.165, 1.54) is 67.9 Å². The van der Waals surface area contributed by atoms with Crippen molar-refractivity contribution >= 4 is 18.1 Å². The van der Waals surface area contributed by atoms with Crippen molar-refractivity contribution in [1.29, 1.82) is 5.26 Å². The van der Waals surface area contributed by atoms with E-state index < -0.39 is 17.7 Å². The van der Waals surface area contributed by atoms with Crippen LogP contribution in [0.3, 0.4) is 0 Å². The van der Waals surface area contributed by atoms with Gasteiger partial charge in [-0.2, -0.15) is 10.4 Å². The van der Waals surface area contributed by atoms with Crippen LogP contribution in [0.5, 0.6) is 11.5 Å². The number of benzene rings is 3. The summed E-state index contributed by atoms with van der Waals surface area (Å²) in [6.07, 6.45) is 1.38. The van der Waals surface area contributed by atoms with Crippen molar-refractivity contribution in [1.82, 2.24) is 5.43 Å². The summed E-state index contributed by atoms with van der Waals surface area (Å²) in [4.78, 5) is 24.3. The summed E-state index contributed by atoms with van der Waals surface area (Å²) in [5, 5.41) is 12.7. The first-order valence-electron chi connectivity index (χ1n) is 9.00. The van der Waals surface area contributed by atoms with Crippen LogP contribution >= 0.6 is 0 Å². The summed E-state index contributed by atoms with van der Waals surface area (Å²) < 4.78 is 24.2. The van der Waals surface area contributed by atoms with Crippen LogP contribution in [0.25, 0.3) is 0 Å². The highest BCUT2D eigenvalue weighted by Gasteiger charge is 2.16. The van der Waals surface area contributed by atoms with Crippen LogP contribution in [0.1, 0.15) is 31.8 Å². The van der Waals surface area contributed by atoms with Gasteiger partial charge in [-0.25, -0.2) is 14.6 Å². The molecule has 0 aromatic heterocycles. The summed E-state index contributed by atoms with van der Waals surface area (Å²) in [5.74, 6) is -1.65. The highest BCUT2D eigenvalue weighted by atomic mass is 19.1. The van der Waals surface area contributed by atoms with Gasteiger partial charge in [0.1, 0.15) is 5.82 Å². The van der Waals surface area contributed by atoms with Gasteiger partial charge in [0.15, 0.2) is 11.5 Å². The lowest BCUT2D eigenvalue weighted by Crippen LogP contribution is -2.17. The van der Waals surface area contributed by atoms with Gasteiger partial charge in [0, 0.05) is 5.56 Å². The van der Waals surface area contributed by atoms with Crippen molar-refractivity contribution in [3.05, 3.63) is 94.8 Å². The summed E-state index contributed by atoms with van der Waals surface area (Å²) >= 11 is 0. The van der Waals surface area contributed by atoms with Crippen molar-refractivity contribution in [3.63, 3.8) is 0 Å². The van der Waals surface area contributed by atoms with Crippen molar-refractivity contribution < 1.29 is 23.5 Å². The molecule has 0 fully saturated rings. The zero-order valence-corrected chi connectivity index (χ0v) is 16.3. The van der Waals surface area contributed by atoms with Crippen LogP contribution in [0.4, 0.5) is 4.39 Å². The van der Waals surface area contributed by atoms with E-state index >= 15 is 0 Å². The fourth-order valence-electron chi connectivity index (χ4n) is 2.56. The Morgan fingerprint density at radius 3 is 2.48 bits per heavy atom.